The van der Waals surface area contributed by atoms with Gasteiger partial charge < -0.3 is 5.11 Å². The number of hydrogen-bond acceptors (Lipinski definition) is 2. The molecule has 2 nitrogen and oxygen atoms in total. The molecule has 0 amide bonds. The summed E-state index contributed by atoms with van der Waals surface area (Å²) in [6, 6.07) is 8.67. The first kappa shape index (κ1) is 10.9. The quantitative estimate of drug-likeness (QED) is 0.313. The van der Waals surface area contributed by atoms with Gasteiger partial charge in [-0.2, -0.15) is 0 Å². The molecule has 1 aromatic carbocycles. The molecule has 0 aliphatic rings. The van der Waals surface area contributed by atoms with Crippen molar-refractivity contribution >= 4 is 5.78 Å². The predicted octanol–water partition coefficient (Wildman–Crippen LogP) is 0.741. The van der Waals surface area contributed by atoms with E-state index in [2.05, 4.69) is 0 Å². The average Bonchev–Trinajstić information content (AvgIpc) is 2.07. The Bertz CT molecular complexity index is 267. The minimum absolute atomic E-state index is 0. The number of carbonyl (C=O) groups is 1. The molecular weight excluding hydrogens is 204 g/mol. The molecule has 1 rings (SSSR count). The van der Waals surface area contributed by atoms with Crippen molar-refractivity contribution in [2.75, 3.05) is 0 Å². The first-order valence-corrected chi connectivity index (χ1v) is 3.22. The Kier molecular flexibility index (Phi) is 5.09. The molecule has 0 saturated heterocycles. The number of allylic oxidation sites excluding steroid dienone is 1. The van der Waals surface area contributed by atoms with E-state index in [0.29, 0.717) is 11.8 Å². The fourth-order valence-electron chi connectivity index (χ4n) is 0.760. The van der Waals surface area contributed by atoms with Gasteiger partial charge in [-0.15, -0.1) is 6.26 Å². The normalized spacial score (nSPS) is 9.33. The van der Waals surface area contributed by atoms with E-state index in [4.69, 9.17) is 0 Å². The predicted molar refractivity (Wildman–Crippen MR) is 39.9 cm³/mol. The Hall–Kier alpha value is -1.05. The summed E-state index contributed by atoms with van der Waals surface area (Å²) in [5.41, 5.74) is 0.541. The first-order valence-electron chi connectivity index (χ1n) is 3.22. The zero-order valence-electron chi connectivity index (χ0n) is 6.16. The van der Waals surface area contributed by atoms with Crippen LogP contribution in [-0.2, 0) is 17.1 Å². The van der Waals surface area contributed by atoms with Gasteiger partial charge in [0.2, 0.25) is 0 Å². The van der Waals surface area contributed by atoms with Gasteiger partial charge >= 0.3 is 17.1 Å². The molecule has 0 atom stereocenters. The van der Waals surface area contributed by atoms with Crippen LogP contribution in [0.2, 0.25) is 0 Å². The van der Waals surface area contributed by atoms with Crippen LogP contribution in [0.15, 0.2) is 42.7 Å². The molecule has 12 heavy (non-hydrogen) atoms. The van der Waals surface area contributed by atoms with Crippen molar-refractivity contribution in [3.05, 3.63) is 48.2 Å². The topological polar surface area (TPSA) is 40.1 Å². The Morgan fingerprint density at radius 2 is 1.83 bits per heavy atom. The van der Waals surface area contributed by atoms with Crippen molar-refractivity contribution in [2.24, 2.45) is 0 Å². The maximum Gasteiger partial charge on any atom is 1.00 e. The van der Waals surface area contributed by atoms with E-state index >= 15 is 0 Å². The summed E-state index contributed by atoms with van der Waals surface area (Å²) in [6.07, 6.45) is 1.50. The second-order valence-electron chi connectivity index (χ2n) is 2.03. The van der Waals surface area contributed by atoms with E-state index in [-0.39, 0.29) is 22.9 Å². The average molecular weight is 211 g/mol. The van der Waals surface area contributed by atoms with E-state index in [1.54, 1.807) is 24.3 Å². The van der Waals surface area contributed by atoms with Crippen LogP contribution in [0.4, 0.5) is 0 Å². The van der Waals surface area contributed by atoms with Crippen molar-refractivity contribution in [2.45, 2.75) is 0 Å². The fraction of sp³-hybridized carbons (Fsp3) is 0. The molecule has 66 valence electrons. The van der Waals surface area contributed by atoms with Gasteiger partial charge in [-0.3, -0.25) is 4.79 Å². The number of ketones is 1. The fourth-order valence-corrected chi connectivity index (χ4v) is 0.760. The van der Waals surface area contributed by atoms with E-state index in [0.717, 1.165) is 6.08 Å². The van der Waals surface area contributed by atoms with Crippen LogP contribution in [0, 0.1) is 0 Å². The second-order valence-corrected chi connectivity index (χ2v) is 2.03. The van der Waals surface area contributed by atoms with Crippen LogP contribution in [0.3, 0.4) is 0 Å². The summed E-state index contributed by atoms with van der Waals surface area (Å²) < 4.78 is 0. The standard InChI is InChI=1S/C9H8O2.Cu/c10-7-6-9(11)8-4-2-1-3-5-8;/h1-7,10H;/q;+1/p-1/b7-6-;. The van der Waals surface area contributed by atoms with Crippen LogP contribution < -0.4 is 5.11 Å². The largest absolute Gasteiger partial charge is 1.00 e. The van der Waals surface area contributed by atoms with Crippen LogP contribution in [0.5, 0.6) is 0 Å². The molecule has 0 N–H and O–H groups in total. The van der Waals surface area contributed by atoms with Gasteiger partial charge in [-0.05, 0) is 6.08 Å². The third-order valence-corrected chi connectivity index (χ3v) is 1.28. The van der Waals surface area contributed by atoms with E-state index < -0.39 is 0 Å². The van der Waals surface area contributed by atoms with Crippen LogP contribution in [-0.4, -0.2) is 5.78 Å². The Balaban J connectivity index is 0.00000121. The van der Waals surface area contributed by atoms with Crippen molar-refractivity contribution in [1.82, 2.24) is 0 Å². The minimum Gasteiger partial charge on any atom is -0.878 e. The minimum atomic E-state index is -0.249. The molecule has 0 aliphatic carbocycles. The summed E-state index contributed by atoms with van der Waals surface area (Å²) in [4.78, 5) is 11.0. The Labute approximate surface area is 81.4 Å². The van der Waals surface area contributed by atoms with E-state index in [1.807, 2.05) is 6.07 Å². The van der Waals surface area contributed by atoms with Crippen LogP contribution in [0.25, 0.3) is 0 Å². The number of rotatable bonds is 2. The van der Waals surface area contributed by atoms with E-state index in [1.165, 1.54) is 0 Å². The number of carbonyl (C=O) groups excluding carboxylic acids is 1. The molecule has 0 radical (unpaired) electrons. The zero-order valence-corrected chi connectivity index (χ0v) is 7.10. The van der Waals surface area contributed by atoms with Crippen LogP contribution in [0.1, 0.15) is 10.4 Å². The third kappa shape index (κ3) is 2.91. The molecular formula is C9H7CuO2. The van der Waals surface area contributed by atoms with Gasteiger partial charge in [0.1, 0.15) is 0 Å². The maximum atomic E-state index is 11.0. The summed E-state index contributed by atoms with van der Waals surface area (Å²) in [5.74, 6) is -0.249. The SMILES string of the molecule is O=C(/C=C\[O-])c1ccccc1.[Cu+]. The first-order chi connectivity index (χ1) is 5.34. The van der Waals surface area contributed by atoms with Gasteiger partial charge in [0, 0.05) is 5.56 Å². The van der Waals surface area contributed by atoms with Gasteiger partial charge in [0.15, 0.2) is 5.78 Å². The molecule has 0 fully saturated rings. The third-order valence-electron chi connectivity index (χ3n) is 1.28. The smallest absolute Gasteiger partial charge is 0.878 e. The second kappa shape index (κ2) is 5.58. The molecule has 0 bridgehead atoms. The summed E-state index contributed by atoms with van der Waals surface area (Å²) in [5, 5.41) is 9.91. The molecule has 0 saturated carbocycles. The molecule has 0 aromatic heterocycles. The Morgan fingerprint density at radius 3 is 2.33 bits per heavy atom. The van der Waals surface area contributed by atoms with Gasteiger partial charge in [-0.25, -0.2) is 0 Å². The van der Waals surface area contributed by atoms with Gasteiger partial charge in [-0.1, -0.05) is 30.3 Å². The number of hydrogen-bond donors (Lipinski definition) is 0. The summed E-state index contributed by atoms with van der Waals surface area (Å²) in [7, 11) is 0. The van der Waals surface area contributed by atoms with Crippen molar-refractivity contribution in [3.8, 4) is 0 Å². The molecule has 0 unspecified atom stereocenters. The summed E-state index contributed by atoms with van der Waals surface area (Å²) in [6.45, 7) is 0. The maximum absolute atomic E-state index is 11.0. The van der Waals surface area contributed by atoms with Crippen LogP contribution >= 0.6 is 0 Å². The Morgan fingerprint density at radius 1 is 1.25 bits per heavy atom. The van der Waals surface area contributed by atoms with Crippen molar-refractivity contribution in [1.29, 1.82) is 0 Å². The molecule has 0 heterocycles. The molecule has 0 spiro atoms. The van der Waals surface area contributed by atoms with Gasteiger partial charge in [0.25, 0.3) is 0 Å². The summed E-state index contributed by atoms with van der Waals surface area (Å²) >= 11 is 0. The molecule has 1 aromatic rings. The van der Waals surface area contributed by atoms with Crippen molar-refractivity contribution < 1.29 is 27.0 Å². The molecule has 3 heteroatoms. The zero-order chi connectivity index (χ0) is 8.10. The van der Waals surface area contributed by atoms with Gasteiger partial charge in [0.05, 0.1) is 0 Å². The number of benzene rings is 1. The van der Waals surface area contributed by atoms with E-state index in [9.17, 15) is 9.90 Å². The monoisotopic (exact) mass is 210 g/mol. The molecule has 0 aliphatic heterocycles. The van der Waals surface area contributed by atoms with Crippen molar-refractivity contribution in [3.63, 3.8) is 0 Å².